The van der Waals surface area contributed by atoms with Crippen molar-refractivity contribution in [3.8, 4) is 0 Å². The minimum absolute atomic E-state index is 0.0109. The Morgan fingerprint density at radius 2 is 2.09 bits per heavy atom. The molecular formula is C16H16FN3O2S. The summed E-state index contributed by atoms with van der Waals surface area (Å²) in [6.07, 6.45) is 0.938. The fraction of sp³-hybridized carbons (Fsp3) is 0.312. The van der Waals surface area contributed by atoms with Gasteiger partial charge in [-0.2, -0.15) is 0 Å². The number of amides is 2. The largest absolute Gasteiger partial charge is 0.337 e. The molecule has 0 aliphatic carbocycles. The molecule has 1 aliphatic rings. The summed E-state index contributed by atoms with van der Waals surface area (Å²) in [6, 6.07) is 5.98. The van der Waals surface area contributed by atoms with Gasteiger partial charge in [0.25, 0.3) is 0 Å². The van der Waals surface area contributed by atoms with E-state index in [9.17, 15) is 14.0 Å². The number of hydrogen-bond acceptors (Lipinski definition) is 4. The van der Waals surface area contributed by atoms with Gasteiger partial charge in [0.05, 0.1) is 18.7 Å². The molecule has 0 bridgehead atoms. The SMILES string of the molecule is CC(=O)Nc1nc2c(s1)CN(C(=O)Cc1ccc(F)cc1)CC2. The van der Waals surface area contributed by atoms with Gasteiger partial charge in [-0.15, -0.1) is 0 Å². The van der Waals surface area contributed by atoms with Gasteiger partial charge in [-0.3, -0.25) is 9.59 Å². The summed E-state index contributed by atoms with van der Waals surface area (Å²) in [5.74, 6) is -0.448. The van der Waals surface area contributed by atoms with Crippen LogP contribution in [0.5, 0.6) is 0 Å². The van der Waals surface area contributed by atoms with Crippen molar-refractivity contribution >= 4 is 28.3 Å². The van der Waals surface area contributed by atoms with E-state index < -0.39 is 0 Å². The molecule has 1 aromatic heterocycles. The van der Waals surface area contributed by atoms with Crippen molar-refractivity contribution in [2.45, 2.75) is 26.3 Å². The highest BCUT2D eigenvalue weighted by Gasteiger charge is 2.24. The van der Waals surface area contributed by atoms with Crippen LogP contribution in [0.1, 0.15) is 23.1 Å². The average molecular weight is 333 g/mol. The molecule has 7 heteroatoms. The highest BCUT2D eigenvalue weighted by molar-refractivity contribution is 7.15. The Kier molecular flexibility index (Phi) is 4.38. The average Bonchev–Trinajstić information content (AvgIpc) is 2.89. The number of benzene rings is 1. The van der Waals surface area contributed by atoms with Crippen LogP contribution >= 0.6 is 11.3 Å². The maximum Gasteiger partial charge on any atom is 0.227 e. The molecule has 0 saturated heterocycles. The predicted octanol–water partition coefficient (Wildman–Crippen LogP) is 2.37. The molecule has 0 atom stereocenters. The molecule has 1 N–H and O–H groups in total. The topological polar surface area (TPSA) is 62.3 Å². The number of nitrogens with zero attached hydrogens (tertiary/aromatic N) is 2. The zero-order valence-electron chi connectivity index (χ0n) is 12.6. The van der Waals surface area contributed by atoms with Gasteiger partial charge >= 0.3 is 0 Å². The minimum atomic E-state index is -0.307. The molecule has 0 radical (unpaired) electrons. The summed E-state index contributed by atoms with van der Waals surface area (Å²) >= 11 is 1.41. The van der Waals surface area contributed by atoms with Gasteiger partial charge in [0.2, 0.25) is 11.8 Å². The Morgan fingerprint density at radius 1 is 1.35 bits per heavy atom. The third-order valence-electron chi connectivity index (χ3n) is 3.64. The van der Waals surface area contributed by atoms with Crippen molar-refractivity contribution in [1.29, 1.82) is 0 Å². The molecular weight excluding hydrogens is 317 g/mol. The molecule has 120 valence electrons. The number of thiazole rings is 1. The van der Waals surface area contributed by atoms with Crippen molar-refractivity contribution in [3.05, 3.63) is 46.2 Å². The molecule has 2 heterocycles. The summed E-state index contributed by atoms with van der Waals surface area (Å²) in [4.78, 5) is 30.7. The van der Waals surface area contributed by atoms with Crippen LogP contribution in [-0.4, -0.2) is 28.2 Å². The molecule has 3 rings (SSSR count). The standard InChI is InChI=1S/C16H16FN3O2S/c1-10(21)18-16-19-13-6-7-20(9-14(13)23-16)15(22)8-11-2-4-12(17)5-3-11/h2-5H,6-9H2,1H3,(H,18,19,21). The second kappa shape index (κ2) is 6.45. The normalized spacial score (nSPS) is 13.6. The molecule has 2 aromatic rings. The third kappa shape index (κ3) is 3.73. The van der Waals surface area contributed by atoms with E-state index in [-0.39, 0.29) is 24.1 Å². The first kappa shape index (κ1) is 15.6. The summed E-state index contributed by atoms with van der Waals surface area (Å²) in [6.45, 7) is 2.56. The fourth-order valence-electron chi connectivity index (χ4n) is 2.50. The number of nitrogens with one attached hydrogen (secondary N) is 1. The van der Waals surface area contributed by atoms with Gasteiger partial charge < -0.3 is 10.2 Å². The van der Waals surface area contributed by atoms with Crippen molar-refractivity contribution < 1.29 is 14.0 Å². The van der Waals surface area contributed by atoms with Crippen LogP contribution in [0, 0.1) is 5.82 Å². The molecule has 0 saturated carbocycles. The molecule has 23 heavy (non-hydrogen) atoms. The van der Waals surface area contributed by atoms with Gasteiger partial charge in [0, 0.05) is 24.8 Å². The van der Waals surface area contributed by atoms with E-state index in [2.05, 4.69) is 10.3 Å². The van der Waals surface area contributed by atoms with Crippen LogP contribution in [0.4, 0.5) is 9.52 Å². The van der Waals surface area contributed by atoms with Crippen LogP contribution in [-0.2, 0) is 29.0 Å². The number of halogens is 1. The van der Waals surface area contributed by atoms with Crippen molar-refractivity contribution in [2.24, 2.45) is 0 Å². The fourth-order valence-corrected chi connectivity index (χ4v) is 3.57. The summed E-state index contributed by atoms with van der Waals surface area (Å²) in [7, 11) is 0. The van der Waals surface area contributed by atoms with E-state index in [4.69, 9.17) is 0 Å². The number of rotatable bonds is 3. The number of carbonyl (C=O) groups excluding carboxylic acids is 2. The lowest BCUT2D eigenvalue weighted by molar-refractivity contribution is -0.131. The Hall–Kier alpha value is -2.28. The molecule has 0 spiro atoms. The van der Waals surface area contributed by atoms with Gasteiger partial charge in [-0.25, -0.2) is 9.37 Å². The second-order valence-corrected chi connectivity index (χ2v) is 6.52. The molecule has 2 amide bonds. The molecule has 0 fully saturated rings. The Morgan fingerprint density at radius 3 is 2.78 bits per heavy atom. The zero-order chi connectivity index (χ0) is 16.4. The molecule has 5 nitrogen and oxygen atoms in total. The monoisotopic (exact) mass is 333 g/mol. The lowest BCUT2D eigenvalue weighted by Gasteiger charge is -2.26. The third-order valence-corrected chi connectivity index (χ3v) is 4.63. The highest BCUT2D eigenvalue weighted by atomic mass is 32.1. The van der Waals surface area contributed by atoms with E-state index in [1.54, 1.807) is 17.0 Å². The number of anilines is 1. The van der Waals surface area contributed by atoms with E-state index in [1.807, 2.05) is 0 Å². The number of hydrogen-bond donors (Lipinski definition) is 1. The van der Waals surface area contributed by atoms with Crippen LogP contribution in [0.25, 0.3) is 0 Å². The van der Waals surface area contributed by atoms with Crippen LogP contribution in [0.3, 0.4) is 0 Å². The van der Waals surface area contributed by atoms with Crippen molar-refractivity contribution in [1.82, 2.24) is 9.88 Å². The second-order valence-electron chi connectivity index (χ2n) is 5.44. The highest BCUT2D eigenvalue weighted by Crippen LogP contribution is 2.28. The van der Waals surface area contributed by atoms with Gasteiger partial charge in [0.15, 0.2) is 5.13 Å². The van der Waals surface area contributed by atoms with Gasteiger partial charge in [0.1, 0.15) is 5.82 Å². The Balaban J connectivity index is 1.66. The Labute approximate surface area is 137 Å². The molecule has 0 unspecified atom stereocenters. The summed E-state index contributed by atoms with van der Waals surface area (Å²) < 4.78 is 12.9. The number of carbonyl (C=O) groups is 2. The Bertz CT molecular complexity index is 742. The zero-order valence-corrected chi connectivity index (χ0v) is 13.5. The number of aromatic nitrogens is 1. The first-order chi connectivity index (χ1) is 11.0. The lowest BCUT2D eigenvalue weighted by atomic mass is 10.1. The van der Waals surface area contributed by atoms with E-state index >= 15 is 0 Å². The van der Waals surface area contributed by atoms with Crippen LogP contribution in [0.2, 0.25) is 0 Å². The smallest absolute Gasteiger partial charge is 0.227 e. The van der Waals surface area contributed by atoms with Crippen molar-refractivity contribution in [2.75, 3.05) is 11.9 Å². The maximum atomic E-state index is 12.9. The molecule has 1 aliphatic heterocycles. The predicted molar refractivity (Wildman–Crippen MR) is 85.6 cm³/mol. The summed E-state index contributed by atoms with van der Waals surface area (Å²) in [5.41, 5.74) is 1.75. The van der Waals surface area contributed by atoms with Gasteiger partial charge in [-0.05, 0) is 17.7 Å². The first-order valence-corrected chi connectivity index (χ1v) is 8.11. The van der Waals surface area contributed by atoms with E-state index in [0.717, 1.165) is 16.1 Å². The number of fused-ring (bicyclic) bond motifs is 1. The summed E-state index contributed by atoms with van der Waals surface area (Å²) in [5, 5.41) is 3.26. The van der Waals surface area contributed by atoms with E-state index in [0.29, 0.717) is 24.6 Å². The first-order valence-electron chi connectivity index (χ1n) is 7.29. The van der Waals surface area contributed by atoms with Crippen LogP contribution in [0.15, 0.2) is 24.3 Å². The van der Waals surface area contributed by atoms with Gasteiger partial charge in [-0.1, -0.05) is 23.5 Å². The quantitative estimate of drug-likeness (QED) is 0.938. The maximum absolute atomic E-state index is 12.9. The van der Waals surface area contributed by atoms with Crippen LogP contribution < -0.4 is 5.32 Å². The molecule has 1 aromatic carbocycles. The van der Waals surface area contributed by atoms with Crippen molar-refractivity contribution in [3.63, 3.8) is 0 Å². The minimum Gasteiger partial charge on any atom is -0.337 e. The lowest BCUT2D eigenvalue weighted by Crippen LogP contribution is -2.36. The van der Waals surface area contributed by atoms with E-state index in [1.165, 1.54) is 30.4 Å².